The van der Waals surface area contributed by atoms with Gasteiger partial charge in [-0.15, -0.1) is 0 Å². The molecule has 1 aromatic carbocycles. The number of hydrogen-bond donors (Lipinski definition) is 3. The van der Waals surface area contributed by atoms with Crippen molar-refractivity contribution in [3.05, 3.63) is 47.8 Å². The third-order valence-corrected chi connectivity index (χ3v) is 4.36. The zero-order valence-corrected chi connectivity index (χ0v) is 18.2. The fourth-order valence-corrected chi connectivity index (χ4v) is 2.72. The minimum Gasteiger partial charge on any atom is -0.491 e. The highest BCUT2D eigenvalue weighted by Crippen LogP contribution is 2.25. The Morgan fingerprint density at radius 2 is 1.97 bits per heavy atom. The molecule has 30 heavy (non-hydrogen) atoms. The summed E-state index contributed by atoms with van der Waals surface area (Å²) >= 11 is 5.19. The number of benzene rings is 1. The third-order valence-electron chi connectivity index (χ3n) is 4.15. The summed E-state index contributed by atoms with van der Waals surface area (Å²) < 4.78 is 5.67. The Labute approximate surface area is 181 Å². The number of carbonyl (C=O) groups is 2. The van der Waals surface area contributed by atoms with Crippen LogP contribution in [0.2, 0.25) is 0 Å². The molecule has 0 atom stereocenters. The number of hydrogen-bond acceptors (Lipinski definition) is 6. The van der Waals surface area contributed by atoms with Gasteiger partial charge in [0, 0.05) is 26.0 Å². The molecule has 0 fully saturated rings. The number of nitrogen functional groups attached to an aromatic ring is 1. The van der Waals surface area contributed by atoms with Gasteiger partial charge in [0.1, 0.15) is 11.4 Å². The molecule has 160 valence electrons. The van der Waals surface area contributed by atoms with Gasteiger partial charge in [0.25, 0.3) is 11.8 Å². The monoisotopic (exact) mass is 429 g/mol. The standard InChI is InChI=1S/C21H27N5O3S/c1-4-5-6-11-29-18-10-8-15(12-16(18)22)24-21(30)25-19(27)14-7-9-17(23-13-14)20(28)26(2)3/h7-10,12-13H,4-6,11,22H2,1-3H3,(H2,24,25,27,30). The number of nitrogens with two attached hydrogens (primary N) is 1. The molecule has 0 saturated carbocycles. The Morgan fingerprint density at radius 1 is 1.20 bits per heavy atom. The van der Waals surface area contributed by atoms with Crippen molar-refractivity contribution in [2.45, 2.75) is 26.2 Å². The van der Waals surface area contributed by atoms with Crippen LogP contribution < -0.4 is 21.1 Å². The zero-order chi connectivity index (χ0) is 22.1. The lowest BCUT2D eigenvalue weighted by Gasteiger charge is -2.13. The van der Waals surface area contributed by atoms with Gasteiger partial charge in [0.2, 0.25) is 0 Å². The maximum absolute atomic E-state index is 12.3. The van der Waals surface area contributed by atoms with E-state index < -0.39 is 5.91 Å². The molecule has 4 N–H and O–H groups in total. The molecular weight excluding hydrogens is 402 g/mol. The van der Waals surface area contributed by atoms with Crippen LogP contribution in [0.3, 0.4) is 0 Å². The Kier molecular flexibility index (Phi) is 8.54. The summed E-state index contributed by atoms with van der Waals surface area (Å²) in [4.78, 5) is 29.6. The number of thiocarbonyl (C=S) groups is 1. The van der Waals surface area contributed by atoms with Gasteiger partial charge in [-0.25, -0.2) is 0 Å². The van der Waals surface area contributed by atoms with E-state index in [1.54, 1.807) is 32.3 Å². The number of nitrogens with zero attached hydrogens (tertiary/aromatic N) is 2. The van der Waals surface area contributed by atoms with Crippen LogP contribution in [0.5, 0.6) is 5.75 Å². The molecule has 0 aliphatic carbocycles. The predicted octanol–water partition coefficient (Wildman–Crippen LogP) is 3.06. The van der Waals surface area contributed by atoms with Crippen molar-refractivity contribution in [1.29, 1.82) is 0 Å². The van der Waals surface area contributed by atoms with Crippen LogP contribution in [-0.4, -0.2) is 47.5 Å². The summed E-state index contributed by atoms with van der Waals surface area (Å²) in [7, 11) is 3.26. The number of anilines is 2. The Hall–Kier alpha value is -3.20. The van der Waals surface area contributed by atoms with Gasteiger partial charge in [-0.05, 0) is 49.0 Å². The molecule has 0 saturated heterocycles. The fourth-order valence-electron chi connectivity index (χ4n) is 2.51. The molecule has 9 heteroatoms. The summed E-state index contributed by atoms with van der Waals surface area (Å²) in [6.07, 6.45) is 4.54. The van der Waals surface area contributed by atoms with Crippen molar-refractivity contribution in [1.82, 2.24) is 15.2 Å². The van der Waals surface area contributed by atoms with E-state index in [1.165, 1.54) is 23.2 Å². The van der Waals surface area contributed by atoms with Gasteiger partial charge in [0.15, 0.2) is 5.11 Å². The smallest absolute Gasteiger partial charge is 0.271 e. The van der Waals surface area contributed by atoms with Crippen LogP contribution in [0, 0.1) is 0 Å². The summed E-state index contributed by atoms with van der Waals surface area (Å²) in [6.45, 7) is 2.75. The van der Waals surface area contributed by atoms with E-state index in [0.29, 0.717) is 23.7 Å². The van der Waals surface area contributed by atoms with Gasteiger partial charge >= 0.3 is 0 Å². The van der Waals surface area contributed by atoms with E-state index in [2.05, 4.69) is 22.5 Å². The van der Waals surface area contributed by atoms with Crippen LogP contribution in [0.25, 0.3) is 0 Å². The highest BCUT2D eigenvalue weighted by atomic mass is 32.1. The first-order valence-electron chi connectivity index (χ1n) is 9.64. The van der Waals surface area contributed by atoms with Crippen molar-refractivity contribution >= 4 is 40.5 Å². The van der Waals surface area contributed by atoms with Crippen molar-refractivity contribution < 1.29 is 14.3 Å². The number of ether oxygens (including phenoxy) is 1. The van der Waals surface area contributed by atoms with Crippen LogP contribution in [0.1, 0.15) is 47.0 Å². The van der Waals surface area contributed by atoms with Gasteiger partial charge in [-0.1, -0.05) is 19.8 Å². The van der Waals surface area contributed by atoms with Gasteiger partial charge in [0.05, 0.1) is 17.9 Å². The Morgan fingerprint density at radius 3 is 2.57 bits per heavy atom. The fraction of sp³-hybridized carbons (Fsp3) is 0.333. The number of pyridine rings is 1. The van der Waals surface area contributed by atoms with E-state index in [-0.39, 0.29) is 22.3 Å². The number of nitrogens with one attached hydrogen (secondary N) is 2. The van der Waals surface area contributed by atoms with Crippen molar-refractivity contribution in [2.24, 2.45) is 0 Å². The first kappa shape index (κ1) is 23.1. The molecule has 2 amide bonds. The Bertz CT molecular complexity index is 900. The number of aromatic nitrogens is 1. The van der Waals surface area contributed by atoms with Crippen molar-refractivity contribution in [2.75, 3.05) is 31.8 Å². The second-order valence-electron chi connectivity index (χ2n) is 6.85. The Balaban J connectivity index is 1.91. The first-order valence-corrected chi connectivity index (χ1v) is 10.0. The third kappa shape index (κ3) is 6.70. The van der Waals surface area contributed by atoms with Crippen LogP contribution in [0.15, 0.2) is 36.5 Å². The molecule has 0 unspecified atom stereocenters. The lowest BCUT2D eigenvalue weighted by molar-refractivity contribution is 0.0821. The predicted molar refractivity (Wildman–Crippen MR) is 122 cm³/mol. The molecule has 2 rings (SSSR count). The average Bonchev–Trinajstić information content (AvgIpc) is 2.71. The van der Waals surface area contributed by atoms with E-state index in [4.69, 9.17) is 22.7 Å². The highest BCUT2D eigenvalue weighted by molar-refractivity contribution is 7.80. The summed E-state index contributed by atoms with van der Waals surface area (Å²) in [5.41, 5.74) is 7.68. The molecule has 1 heterocycles. The maximum atomic E-state index is 12.3. The van der Waals surface area contributed by atoms with E-state index in [0.717, 1.165) is 19.3 Å². The molecule has 0 aliphatic rings. The molecule has 0 spiro atoms. The average molecular weight is 430 g/mol. The normalized spacial score (nSPS) is 10.2. The van der Waals surface area contributed by atoms with Gasteiger partial charge in [-0.2, -0.15) is 0 Å². The van der Waals surface area contributed by atoms with Crippen molar-refractivity contribution in [3.8, 4) is 5.75 Å². The number of carbonyl (C=O) groups excluding carboxylic acids is 2. The van der Waals surface area contributed by atoms with Gasteiger partial charge in [-0.3, -0.25) is 19.9 Å². The first-order chi connectivity index (χ1) is 14.3. The van der Waals surface area contributed by atoms with Crippen LogP contribution >= 0.6 is 12.2 Å². The zero-order valence-electron chi connectivity index (χ0n) is 17.4. The lowest BCUT2D eigenvalue weighted by atomic mass is 10.2. The van der Waals surface area contributed by atoms with Crippen LogP contribution in [0.4, 0.5) is 11.4 Å². The lowest BCUT2D eigenvalue weighted by Crippen LogP contribution is -2.34. The summed E-state index contributed by atoms with van der Waals surface area (Å²) in [5, 5.41) is 5.60. The molecule has 1 aromatic heterocycles. The minimum absolute atomic E-state index is 0.115. The second-order valence-corrected chi connectivity index (χ2v) is 7.26. The van der Waals surface area contributed by atoms with Crippen molar-refractivity contribution in [3.63, 3.8) is 0 Å². The summed E-state index contributed by atoms with van der Waals surface area (Å²) in [5.74, 6) is -0.0627. The molecule has 8 nitrogen and oxygen atoms in total. The van der Waals surface area contributed by atoms with E-state index in [1.807, 2.05) is 0 Å². The molecule has 0 bridgehead atoms. The SMILES string of the molecule is CCCCCOc1ccc(NC(=S)NC(=O)c2ccc(C(=O)N(C)C)nc2)cc1N. The number of rotatable bonds is 8. The highest BCUT2D eigenvalue weighted by Gasteiger charge is 2.13. The number of amides is 2. The second kappa shape index (κ2) is 11.1. The van der Waals surface area contributed by atoms with Gasteiger partial charge < -0.3 is 20.7 Å². The van der Waals surface area contributed by atoms with Crippen LogP contribution in [-0.2, 0) is 0 Å². The minimum atomic E-state index is -0.437. The maximum Gasteiger partial charge on any atom is 0.271 e. The largest absolute Gasteiger partial charge is 0.491 e. The molecular formula is C21H27N5O3S. The quantitative estimate of drug-likeness (QED) is 0.336. The molecule has 0 radical (unpaired) electrons. The summed E-state index contributed by atoms with van der Waals surface area (Å²) in [6, 6.07) is 8.24. The van der Waals surface area contributed by atoms with E-state index >= 15 is 0 Å². The number of unbranched alkanes of at least 4 members (excludes halogenated alkanes) is 2. The molecule has 0 aliphatic heterocycles. The molecule has 2 aromatic rings. The van der Waals surface area contributed by atoms with E-state index in [9.17, 15) is 9.59 Å². The topological polar surface area (TPSA) is 110 Å².